The summed E-state index contributed by atoms with van der Waals surface area (Å²) in [5, 5.41) is 0.195. The molecule has 1 atom stereocenters. The zero-order valence-electron chi connectivity index (χ0n) is 13.4. The maximum absolute atomic E-state index is 12.7. The molecule has 1 aromatic carbocycles. The number of rotatable bonds is 3. The number of nitrogens with zero attached hydrogens (tertiary/aromatic N) is 2. The van der Waals surface area contributed by atoms with E-state index in [9.17, 15) is 14.4 Å². The van der Waals surface area contributed by atoms with Crippen LogP contribution in [0.2, 0.25) is 0 Å². The average Bonchev–Trinajstić information content (AvgIpc) is 2.54. The number of pyridine rings is 1. The van der Waals surface area contributed by atoms with E-state index in [2.05, 4.69) is 4.98 Å². The fourth-order valence-corrected chi connectivity index (χ4v) is 2.75. The molecule has 3 rings (SSSR count). The highest BCUT2D eigenvalue weighted by Crippen LogP contribution is 2.10. The van der Waals surface area contributed by atoms with Gasteiger partial charge < -0.3 is 10.7 Å². The van der Waals surface area contributed by atoms with Crippen molar-refractivity contribution in [2.75, 3.05) is 0 Å². The molecule has 0 saturated carbocycles. The molecule has 0 radical (unpaired) electrons. The Labute approximate surface area is 137 Å². The Morgan fingerprint density at radius 1 is 1.17 bits per heavy atom. The van der Waals surface area contributed by atoms with Gasteiger partial charge in [-0.25, -0.2) is 9.36 Å². The summed E-state index contributed by atoms with van der Waals surface area (Å²) in [6.45, 7) is 1.91. The van der Waals surface area contributed by atoms with Crippen LogP contribution in [0.15, 0.2) is 50.9 Å². The molecule has 0 aliphatic rings. The Hall–Kier alpha value is -2.93. The van der Waals surface area contributed by atoms with Gasteiger partial charge in [-0.2, -0.15) is 0 Å². The van der Waals surface area contributed by atoms with E-state index in [4.69, 9.17) is 5.73 Å². The number of nitrogens with two attached hydrogens (primary N) is 1. The molecule has 24 heavy (non-hydrogen) atoms. The van der Waals surface area contributed by atoms with E-state index >= 15 is 0 Å². The lowest BCUT2D eigenvalue weighted by molar-refractivity contribution is 0.736. The van der Waals surface area contributed by atoms with Crippen LogP contribution in [0.5, 0.6) is 0 Å². The van der Waals surface area contributed by atoms with Gasteiger partial charge in [0.25, 0.3) is 5.56 Å². The van der Waals surface area contributed by atoms with Gasteiger partial charge in [-0.15, -0.1) is 0 Å². The van der Waals surface area contributed by atoms with Crippen LogP contribution in [0.1, 0.15) is 12.5 Å². The molecular formula is C17H18N4O3. The number of H-pyrrole nitrogens is 1. The van der Waals surface area contributed by atoms with Gasteiger partial charge in [0.05, 0.1) is 16.6 Å². The van der Waals surface area contributed by atoms with Crippen molar-refractivity contribution in [3.8, 4) is 5.69 Å². The first kappa shape index (κ1) is 15.9. The van der Waals surface area contributed by atoms with Crippen molar-refractivity contribution in [2.45, 2.75) is 19.4 Å². The molecule has 3 N–H and O–H groups in total. The second kappa shape index (κ2) is 5.93. The lowest BCUT2D eigenvalue weighted by Gasteiger charge is -2.11. The molecule has 7 heteroatoms. The summed E-state index contributed by atoms with van der Waals surface area (Å²) in [5.74, 6) is 0. The van der Waals surface area contributed by atoms with Gasteiger partial charge in [0, 0.05) is 25.4 Å². The molecule has 124 valence electrons. The van der Waals surface area contributed by atoms with Crippen molar-refractivity contribution < 1.29 is 0 Å². The number of fused-ring (bicyclic) bond motifs is 1. The Bertz CT molecular complexity index is 1070. The van der Waals surface area contributed by atoms with Gasteiger partial charge in [-0.05, 0) is 31.0 Å². The SMILES string of the molecule is C[C@@H](N)Cc1ccc(-n2c(=O)c3cc(=O)[nH]cc3n(C)c2=O)cc1. The fourth-order valence-electron chi connectivity index (χ4n) is 2.75. The van der Waals surface area contributed by atoms with Gasteiger partial charge in [0.2, 0.25) is 5.56 Å². The van der Waals surface area contributed by atoms with Crippen LogP contribution < -0.4 is 22.5 Å². The highest BCUT2D eigenvalue weighted by atomic mass is 16.2. The molecule has 0 amide bonds. The summed E-state index contributed by atoms with van der Waals surface area (Å²) in [7, 11) is 1.56. The topological polar surface area (TPSA) is 103 Å². The zero-order valence-corrected chi connectivity index (χ0v) is 13.4. The van der Waals surface area contributed by atoms with Gasteiger partial charge in [0.1, 0.15) is 0 Å². The minimum Gasteiger partial charge on any atom is -0.328 e. The maximum Gasteiger partial charge on any atom is 0.335 e. The maximum atomic E-state index is 12.7. The number of hydrogen-bond acceptors (Lipinski definition) is 4. The lowest BCUT2D eigenvalue weighted by atomic mass is 10.1. The molecule has 0 bridgehead atoms. The van der Waals surface area contributed by atoms with Crippen LogP contribution in [0.4, 0.5) is 0 Å². The Morgan fingerprint density at radius 3 is 2.46 bits per heavy atom. The molecule has 0 saturated heterocycles. The zero-order chi connectivity index (χ0) is 17.4. The average molecular weight is 326 g/mol. The quantitative estimate of drug-likeness (QED) is 0.721. The molecule has 0 unspecified atom stereocenters. The largest absolute Gasteiger partial charge is 0.335 e. The first-order valence-corrected chi connectivity index (χ1v) is 7.58. The van der Waals surface area contributed by atoms with Crippen LogP contribution in [0.3, 0.4) is 0 Å². The van der Waals surface area contributed by atoms with Crippen molar-refractivity contribution in [3.63, 3.8) is 0 Å². The van der Waals surface area contributed by atoms with Crippen LogP contribution >= 0.6 is 0 Å². The van der Waals surface area contributed by atoms with E-state index in [1.165, 1.54) is 16.8 Å². The third kappa shape index (κ3) is 2.69. The van der Waals surface area contributed by atoms with Crippen molar-refractivity contribution >= 4 is 10.9 Å². The van der Waals surface area contributed by atoms with Crippen molar-refractivity contribution in [1.82, 2.24) is 14.1 Å². The molecule has 2 aromatic heterocycles. The lowest BCUT2D eigenvalue weighted by Crippen LogP contribution is -2.38. The highest BCUT2D eigenvalue weighted by Gasteiger charge is 2.13. The predicted molar refractivity (Wildman–Crippen MR) is 92.8 cm³/mol. The van der Waals surface area contributed by atoms with E-state index in [-0.39, 0.29) is 11.4 Å². The third-order valence-corrected chi connectivity index (χ3v) is 3.93. The molecule has 0 spiro atoms. The first-order chi connectivity index (χ1) is 11.4. The van der Waals surface area contributed by atoms with Crippen LogP contribution in [-0.2, 0) is 13.5 Å². The standard InChI is InChI=1S/C17H18N4O3/c1-10(18)7-11-3-5-12(6-4-11)21-16(23)13-8-15(22)19-9-14(13)20(2)17(21)24/h3-6,8-10H,7,18H2,1-2H3,(H,19,22)/t10-/m1/s1. The number of hydrogen-bond donors (Lipinski definition) is 2. The van der Waals surface area contributed by atoms with Gasteiger partial charge in [-0.3, -0.25) is 14.2 Å². The van der Waals surface area contributed by atoms with Crippen LogP contribution in [0, 0.1) is 0 Å². The highest BCUT2D eigenvalue weighted by molar-refractivity contribution is 5.76. The van der Waals surface area contributed by atoms with Crippen molar-refractivity contribution in [2.24, 2.45) is 12.8 Å². The summed E-state index contributed by atoms with van der Waals surface area (Å²) in [6.07, 6.45) is 2.08. The van der Waals surface area contributed by atoms with Crippen LogP contribution in [-0.4, -0.2) is 20.2 Å². The second-order valence-corrected chi connectivity index (χ2v) is 5.93. The number of benzene rings is 1. The van der Waals surface area contributed by atoms with E-state index in [0.717, 1.165) is 10.1 Å². The number of aryl methyl sites for hydroxylation is 1. The van der Waals surface area contributed by atoms with E-state index in [1.807, 2.05) is 19.1 Å². The number of aromatic amines is 1. The van der Waals surface area contributed by atoms with Crippen molar-refractivity contribution in [1.29, 1.82) is 0 Å². The summed E-state index contributed by atoms with van der Waals surface area (Å²) in [4.78, 5) is 39.3. The monoisotopic (exact) mass is 326 g/mol. The molecule has 3 aromatic rings. The molecule has 2 heterocycles. The summed E-state index contributed by atoms with van der Waals surface area (Å²) >= 11 is 0. The van der Waals surface area contributed by atoms with Gasteiger partial charge in [0.15, 0.2) is 0 Å². The normalized spacial score (nSPS) is 12.5. The Kier molecular flexibility index (Phi) is 3.94. The molecule has 0 aliphatic heterocycles. The molecule has 7 nitrogen and oxygen atoms in total. The second-order valence-electron chi connectivity index (χ2n) is 5.93. The number of aromatic nitrogens is 3. The minimum atomic E-state index is -0.515. The smallest absolute Gasteiger partial charge is 0.328 e. The number of nitrogens with one attached hydrogen (secondary N) is 1. The summed E-state index contributed by atoms with van der Waals surface area (Å²) in [5.41, 5.74) is 6.26. The van der Waals surface area contributed by atoms with Gasteiger partial charge in [-0.1, -0.05) is 12.1 Å². The van der Waals surface area contributed by atoms with Crippen LogP contribution in [0.25, 0.3) is 16.6 Å². The van der Waals surface area contributed by atoms with Crippen molar-refractivity contribution in [3.05, 3.63) is 73.3 Å². The van der Waals surface area contributed by atoms with E-state index in [0.29, 0.717) is 17.6 Å². The summed E-state index contributed by atoms with van der Waals surface area (Å²) in [6, 6.07) is 8.33. The summed E-state index contributed by atoms with van der Waals surface area (Å²) < 4.78 is 2.40. The van der Waals surface area contributed by atoms with E-state index < -0.39 is 16.8 Å². The fraction of sp³-hybridized carbons (Fsp3) is 0.235. The predicted octanol–water partition coefficient (Wildman–Crippen LogP) is 0.267. The Morgan fingerprint density at radius 2 is 1.83 bits per heavy atom. The molecule has 0 fully saturated rings. The molecule has 0 aliphatic carbocycles. The third-order valence-electron chi connectivity index (χ3n) is 3.93. The van der Waals surface area contributed by atoms with Gasteiger partial charge >= 0.3 is 5.69 Å². The minimum absolute atomic E-state index is 0.0267. The molecular weight excluding hydrogens is 308 g/mol. The Balaban J connectivity index is 2.25. The van der Waals surface area contributed by atoms with E-state index in [1.54, 1.807) is 19.2 Å². The first-order valence-electron chi connectivity index (χ1n) is 7.58.